The Balaban J connectivity index is 1.85. The van der Waals surface area contributed by atoms with E-state index in [1.165, 1.54) is 11.1 Å². The Labute approximate surface area is 126 Å². The number of hydrogen-bond donors (Lipinski definition) is 1. The Morgan fingerprint density at radius 3 is 2.65 bits per heavy atom. The molecule has 0 spiro atoms. The maximum atomic E-state index is 5.99. The number of fused-ring (bicyclic) bond motifs is 2. The van der Waals surface area contributed by atoms with E-state index in [1.54, 1.807) is 6.20 Å². The number of halogens is 1. The highest BCUT2D eigenvalue weighted by molar-refractivity contribution is 7.71. The Bertz CT molecular complexity index is 840. The second-order valence-electron chi connectivity index (χ2n) is 5.16. The van der Waals surface area contributed by atoms with Crippen molar-refractivity contribution in [2.24, 2.45) is 0 Å². The lowest BCUT2D eigenvalue weighted by atomic mass is 10.1. The molecule has 5 heteroatoms. The minimum absolute atomic E-state index is 0.335. The van der Waals surface area contributed by atoms with Crippen LogP contribution in [0.2, 0.25) is 5.02 Å². The highest BCUT2D eigenvalue weighted by atomic mass is 35.5. The van der Waals surface area contributed by atoms with E-state index in [0.29, 0.717) is 15.8 Å². The summed E-state index contributed by atoms with van der Waals surface area (Å²) in [6.07, 6.45) is 3.68. The van der Waals surface area contributed by atoms with Crippen LogP contribution in [-0.2, 0) is 12.8 Å². The second kappa shape index (κ2) is 4.43. The van der Waals surface area contributed by atoms with Gasteiger partial charge in [0.15, 0.2) is 10.4 Å². The fourth-order valence-electron chi connectivity index (χ4n) is 3.04. The first-order chi connectivity index (χ1) is 9.72. The van der Waals surface area contributed by atoms with Crippen LogP contribution < -0.4 is 0 Å². The highest BCUT2D eigenvalue weighted by Crippen LogP contribution is 2.32. The minimum atomic E-state index is 0.335. The van der Waals surface area contributed by atoms with E-state index >= 15 is 0 Å². The maximum Gasteiger partial charge on any atom is 0.179 e. The van der Waals surface area contributed by atoms with Crippen molar-refractivity contribution in [1.29, 1.82) is 0 Å². The molecule has 0 atom stereocenters. The summed E-state index contributed by atoms with van der Waals surface area (Å²) in [6, 6.07) is 10.8. The average molecular weight is 302 g/mol. The highest BCUT2D eigenvalue weighted by Gasteiger charge is 2.24. The number of rotatable bonds is 1. The number of benzene rings is 1. The SMILES string of the molecule is S=c1[nH]c2cc(Cl)cnc2n1C1Cc2ccccc2C1. The van der Waals surface area contributed by atoms with Crippen molar-refractivity contribution in [3.05, 3.63) is 57.4 Å². The predicted molar refractivity (Wildman–Crippen MR) is 82.8 cm³/mol. The van der Waals surface area contributed by atoms with Crippen LogP contribution in [0.3, 0.4) is 0 Å². The lowest BCUT2D eigenvalue weighted by Crippen LogP contribution is -2.09. The molecule has 20 heavy (non-hydrogen) atoms. The molecule has 0 radical (unpaired) electrons. The van der Waals surface area contributed by atoms with Crippen LogP contribution in [-0.4, -0.2) is 14.5 Å². The standard InChI is InChI=1S/C15H12ClN3S/c16-11-7-13-14(17-8-11)19(15(20)18-13)12-5-9-3-1-2-4-10(9)6-12/h1-4,7-8,12H,5-6H2,(H,18,20). The molecule has 1 N–H and O–H groups in total. The van der Waals surface area contributed by atoms with Gasteiger partial charge in [-0.2, -0.15) is 0 Å². The Morgan fingerprint density at radius 1 is 1.25 bits per heavy atom. The summed E-state index contributed by atoms with van der Waals surface area (Å²) >= 11 is 11.5. The molecule has 4 rings (SSSR count). The van der Waals surface area contributed by atoms with Crippen LogP contribution in [0.25, 0.3) is 11.2 Å². The van der Waals surface area contributed by atoms with E-state index in [-0.39, 0.29) is 0 Å². The number of H-pyrrole nitrogens is 1. The molecule has 1 aliphatic rings. The first-order valence-electron chi connectivity index (χ1n) is 6.55. The zero-order chi connectivity index (χ0) is 13.7. The lowest BCUT2D eigenvalue weighted by molar-refractivity contribution is 0.534. The molecule has 0 aliphatic heterocycles. The van der Waals surface area contributed by atoms with Gasteiger partial charge < -0.3 is 4.98 Å². The van der Waals surface area contributed by atoms with Gasteiger partial charge in [0.1, 0.15) is 0 Å². The van der Waals surface area contributed by atoms with Gasteiger partial charge in [-0.1, -0.05) is 35.9 Å². The van der Waals surface area contributed by atoms with E-state index in [0.717, 1.165) is 24.0 Å². The zero-order valence-electron chi connectivity index (χ0n) is 10.6. The molecule has 0 bridgehead atoms. The van der Waals surface area contributed by atoms with Crippen LogP contribution >= 0.6 is 23.8 Å². The smallest absolute Gasteiger partial charge is 0.179 e. The van der Waals surface area contributed by atoms with Crippen LogP contribution in [0.1, 0.15) is 17.2 Å². The molecule has 2 heterocycles. The van der Waals surface area contributed by atoms with E-state index < -0.39 is 0 Å². The van der Waals surface area contributed by atoms with Crippen molar-refractivity contribution < 1.29 is 0 Å². The van der Waals surface area contributed by atoms with Gasteiger partial charge in [-0.15, -0.1) is 0 Å². The van der Waals surface area contributed by atoms with Crippen molar-refractivity contribution >= 4 is 35.0 Å². The summed E-state index contributed by atoms with van der Waals surface area (Å²) in [5.74, 6) is 0. The number of nitrogens with zero attached hydrogens (tertiary/aromatic N) is 2. The van der Waals surface area contributed by atoms with Gasteiger partial charge in [0, 0.05) is 12.2 Å². The van der Waals surface area contributed by atoms with E-state index in [2.05, 4.69) is 38.8 Å². The Morgan fingerprint density at radius 2 is 1.95 bits per heavy atom. The molecule has 2 aromatic heterocycles. The molecule has 0 saturated heterocycles. The zero-order valence-corrected chi connectivity index (χ0v) is 12.2. The van der Waals surface area contributed by atoms with Crippen molar-refractivity contribution in [3.63, 3.8) is 0 Å². The van der Waals surface area contributed by atoms with Gasteiger partial charge in [-0.05, 0) is 42.3 Å². The van der Waals surface area contributed by atoms with E-state index in [9.17, 15) is 0 Å². The fourth-order valence-corrected chi connectivity index (χ4v) is 3.55. The first-order valence-corrected chi connectivity index (χ1v) is 7.33. The monoisotopic (exact) mass is 301 g/mol. The van der Waals surface area contributed by atoms with Gasteiger partial charge in [-0.3, -0.25) is 4.57 Å². The largest absolute Gasteiger partial charge is 0.329 e. The number of pyridine rings is 1. The molecule has 100 valence electrons. The van der Waals surface area contributed by atoms with Crippen LogP contribution in [0.15, 0.2) is 36.5 Å². The van der Waals surface area contributed by atoms with Crippen molar-refractivity contribution in [1.82, 2.24) is 14.5 Å². The topological polar surface area (TPSA) is 33.6 Å². The summed E-state index contributed by atoms with van der Waals surface area (Å²) < 4.78 is 2.84. The summed E-state index contributed by atoms with van der Waals surface area (Å²) in [7, 11) is 0. The predicted octanol–water partition coefficient (Wildman–Crippen LogP) is 4.09. The molecule has 0 saturated carbocycles. The number of hydrogen-bond acceptors (Lipinski definition) is 2. The normalized spacial score (nSPS) is 14.8. The summed E-state index contributed by atoms with van der Waals surface area (Å²) in [5.41, 5.74) is 4.60. The van der Waals surface area contributed by atoms with Gasteiger partial charge in [-0.25, -0.2) is 4.98 Å². The third kappa shape index (κ3) is 1.79. The third-order valence-corrected chi connectivity index (χ3v) is 4.42. The maximum absolute atomic E-state index is 5.99. The van der Waals surface area contributed by atoms with Crippen molar-refractivity contribution in [2.45, 2.75) is 18.9 Å². The first kappa shape index (κ1) is 12.1. The van der Waals surface area contributed by atoms with Crippen LogP contribution in [0.4, 0.5) is 0 Å². The van der Waals surface area contributed by atoms with Gasteiger partial charge in [0.2, 0.25) is 0 Å². The number of aromatic amines is 1. The molecule has 3 aromatic rings. The molecular weight excluding hydrogens is 290 g/mol. The quantitative estimate of drug-likeness (QED) is 0.687. The summed E-state index contributed by atoms with van der Waals surface area (Å²) in [6.45, 7) is 0. The molecule has 0 fully saturated rings. The Kier molecular flexibility index (Phi) is 2.69. The summed E-state index contributed by atoms with van der Waals surface area (Å²) in [5, 5.41) is 0.621. The molecule has 0 unspecified atom stereocenters. The van der Waals surface area contributed by atoms with Crippen molar-refractivity contribution in [2.75, 3.05) is 0 Å². The molecule has 3 nitrogen and oxygen atoms in total. The van der Waals surface area contributed by atoms with E-state index in [1.807, 2.05) is 6.07 Å². The van der Waals surface area contributed by atoms with Crippen LogP contribution in [0, 0.1) is 4.77 Å². The molecular formula is C15H12ClN3S. The second-order valence-corrected chi connectivity index (χ2v) is 5.98. The van der Waals surface area contributed by atoms with Gasteiger partial charge in [0.25, 0.3) is 0 Å². The lowest BCUT2D eigenvalue weighted by Gasteiger charge is -2.11. The van der Waals surface area contributed by atoms with Crippen LogP contribution in [0.5, 0.6) is 0 Å². The van der Waals surface area contributed by atoms with Gasteiger partial charge in [0.05, 0.1) is 10.5 Å². The molecule has 0 amide bonds. The average Bonchev–Trinajstić information content (AvgIpc) is 2.97. The van der Waals surface area contributed by atoms with Crippen molar-refractivity contribution in [3.8, 4) is 0 Å². The third-order valence-electron chi connectivity index (χ3n) is 3.92. The van der Waals surface area contributed by atoms with E-state index in [4.69, 9.17) is 23.8 Å². The molecule has 1 aromatic carbocycles. The number of imidazole rings is 1. The number of aromatic nitrogens is 3. The Hall–Kier alpha value is -1.65. The molecule has 1 aliphatic carbocycles. The summed E-state index contributed by atoms with van der Waals surface area (Å²) in [4.78, 5) is 7.64. The minimum Gasteiger partial charge on any atom is -0.329 e. The van der Waals surface area contributed by atoms with Gasteiger partial charge >= 0.3 is 0 Å². The number of nitrogens with one attached hydrogen (secondary N) is 1. The fraction of sp³-hybridized carbons (Fsp3) is 0.200.